The Kier molecular flexibility index (Phi) is 5.61. The lowest BCUT2D eigenvalue weighted by Gasteiger charge is -2.18. The molecule has 0 spiro atoms. The molecule has 0 radical (unpaired) electrons. The molecule has 0 aliphatic heterocycles. The molecule has 0 fully saturated rings. The van der Waals surface area contributed by atoms with Gasteiger partial charge in [-0.1, -0.05) is 51.8 Å². The predicted molar refractivity (Wildman–Crippen MR) is 87.0 cm³/mol. The van der Waals surface area contributed by atoms with Crippen LogP contribution in [0.2, 0.25) is 5.02 Å². The maximum atomic E-state index is 10.1. The number of aliphatic hydroxyl groups is 1. The molecule has 0 bridgehead atoms. The first-order chi connectivity index (χ1) is 9.56. The van der Waals surface area contributed by atoms with Crippen molar-refractivity contribution in [3.05, 3.63) is 69.2 Å². The van der Waals surface area contributed by atoms with Crippen LogP contribution in [0.25, 0.3) is 0 Å². The second kappa shape index (κ2) is 7.23. The Morgan fingerprint density at radius 2 is 1.60 bits per heavy atom. The summed E-state index contributed by atoms with van der Waals surface area (Å²) >= 11 is 9.26. The number of aliphatic hydroxyl groups excluding tert-OH is 1. The van der Waals surface area contributed by atoms with Crippen LogP contribution in [0, 0.1) is 0 Å². The van der Waals surface area contributed by atoms with Crippen LogP contribution in [0.4, 0.5) is 0 Å². The van der Waals surface area contributed by atoms with Gasteiger partial charge in [0, 0.05) is 22.1 Å². The smallest absolute Gasteiger partial charge is 0.0914 e. The molecule has 20 heavy (non-hydrogen) atoms. The quantitative estimate of drug-likeness (QED) is 0.829. The first kappa shape index (κ1) is 15.5. The van der Waals surface area contributed by atoms with Crippen LogP contribution in [-0.2, 0) is 0 Å². The van der Waals surface area contributed by atoms with E-state index in [9.17, 15) is 5.11 Å². The molecule has 0 amide bonds. The Morgan fingerprint density at radius 3 is 2.20 bits per heavy atom. The van der Waals surface area contributed by atoms with Gasteiger partial charge in [0.2, 0.25) is 0 Å². The van der Waals surface area contributed by atoms with E-state index in [4.69, 9.17) is 11.6 Å². The van der Waals surface area contributed by atoms with Gasteiger partial charge in [-0.3, -0.25) is 0 Å². The van der Waals surface area contributed by atoms with E-state index in [1.165, 1.54) is 5.56 Å². The topological polar surface area (TPSA) is 32.3 Å². The molecule has 0 heterocycles. The van der Waals surface area contributed by atoms with E-state index in [1.54, 1.807) is 12.1 Å². The molecule has 0 aliphatic rings. The average molecular weight is 355 g/mol. The molecule has 2 N–H and O–H groups in total. The summed E-state index contributed by atoms with van der Waals surface area (Å²) in [5.74, 6) is 0. The number of halogens is 2. The minimum absolute atomic E-state index is 0.185. The van der Waals surface area contributed by atoms with Crippen LogP contribution in [0.1, 0.15) is 30.2 Å². The van der Waals surface area contributed by atoms with Crippen molar-refractivity contribution in [1.29, 1.82) is 0 Å². The van der Waals surface area contributed by atoms with Crippen LogP contribution in [-0.4, -0.2) is 11.7 Å². The van der Waals surface area contributed by atoms with Crippen LogP contribution in [0.5, 0.6) is 0 Å². The third kappa shape index (κ3) is 4.32. The second-order valence-corrected chi connectivity index (χ2v) is 6.10. The summed E-state index contributed by atoms with van der Waals surface area (Å²) in [5, 5.41) is 14.1. The highest BCUT2D eigenvalue weighted by Gasteiger charge is 2.10. The molecule has 4 heteroatoms. The summed E-state index contributed by atoms with van der Waals surface area (Å²) in [6.07, 6.45) is -0.537. The Balaban J connectivity index is 1.91. The second-order valence-electron chi connectivity index (χ2n) is 4.75. The van der Waals surface area contributed by atoms with E-state index in [2.05, 4.69) is 40.3 Å². The monoisotopic (exact) mass is 353 g/mol. The highest BCUT2D eigenvalue weighted by atomic mass is 79.9. The Bertz CT molecular complexity index is 490. The fourth-order valence-corrected chi connectivity index (χ4v) is 2.35. The summed E-state index contributed by atoms with van der Waals surface area (Å²) < 4.78 is 1.06. The van der Waals surface area contributed by atoms with Crippen molar-refractivity contribution in [3.63, 3.8) is 0 Å². The molecule has 2 atom stereocenters. The summed E-state index contributed by atoms with van der Waals surface area (Å²) in [6, 6.07) is 15.6. The summed E-state index contributed by atoms with van der Waals surface area (Å²) in [5.41, 5.74) is 2.06. The van der Waals surface area contributed by atoms with Crippen LogP contribution in [0.3, 0.4) is 0 Å². The fourth-order valence-electron chi connectivity index (χ4n) is 1.96. The molecule has 2 aromatic rings. The minimum Gasteiger partial charge on any atom is -0.387 e. The average Bonchev–Trinajstić information content (AvgIpc) is 2.46. The van der Waals surface area contributed by atoms with Crippen molar-refractivity contribution in [2.45, 2.75) is 19.1 Å². The lowest BCUT2D eigenvalue weighted by atomic mass is 10.1. The van der Waals surface area contributed by atoms with Crippen LogP contribution >= 0.6 is 27.5 Å². The van der Waals surface area contributed by atoms with Gasteiger partial charge in [-0.05, 0) is 42.3 Å². The van der Waals surface area contributed by atoms with E-state index in [0.29, 0.717) is 11.6 Å². The standard InChI is InChI=1S/C16H17BrClNO/c1-11(12-2-6-14(17)7-3-12)19-10-16(20)13-4-8-15(18)9-5-13/h2-9,11,16,19-20H,10H2,1H3. The molecule has 0 saturated carbocycles. The zero-order valence-electron chi connectivity index (χ0n) is 11.2. The highest BCUT2D eigenvalue weighted by molar-refractivity contribution is 9.10. The zero-order valence-corrected chi connectivity index (χ0v) is 13.5. The maximum absolute atomic E-state index is 10.1. The molecular weight excluding hydrogens is 338 g/mol. The molecule has 0 aromatic heterocycles. The van der Waals surface area contributed by atoms with Crippen molar-refractivity contribution in [1.82, 2.24) is 5.32 Å². The third-order valence-electron chi connectivity index (χ3n) is 3.24. The van der Waals surface area contributed by atoms with Gasteiger partial charge in [-0.15, -0.1) is 0 Å². The van der Waals surface area contributed by atoms with E-state index >= 15 is 0 Å². The minimum atomic E-state index is -0.537. The Labute approximate surface area is 132 Å². The van der Waals surface area contributed by atoms with Gasteiger partial charge in [0.1, 0.15) is 0 Å². The van der Waals surface area contributed by atoms with E-state index in [0.717, 1.165) is 10.0 Å². The van der Waals surface area contributed by atoms with Crippen LogP contribution in [0.15, 0.2) is 53.0 Å². The highest BCUT2D eigenvalue weighted by Crippen LogP contribution is 2.19. The van der Waals surface area contributed by atoms with Crippen molar-refractivity contribution < 1.29 is 5.11 Å². The summed E-state index contributed by atoms with van der Waals surface area (Å²) in [6.45, 7) is 2.58. The molecule has 2 unspecified atom stereocenters. The van der Waals surface area contributed by atoms with Crippen molar-refractivity contribution in [2.24, 2.45) is 0 Å². The van der Waals surface area contributed by atoms with Gasteiger partial charge in [0.05, 0.1) is 6.10 Å². The molecule has 2 rings (SSSR count). The molecule has 0 aliphatic carbocycles. The van der Waals surface area contributed by atoms with Crippen molar-refractivity contribution in [3.8, 4) is 0 Å². The van der Waals surface area contributed by atoms with E-state index in [1.807, 2.05) is 24.3 Å². The largest absolute Gasteiger partial charge is 0.387 e. The SMILES string of the molecule is CC(NCC(O)c1ccc(Cl)cc1)c1ccc(Br)cc1. The number of hydrogen-bond acceptors (Lipinski definition) is 2. The lowest BCUT2D eigenvalue weighted by molar-refractivity contribution is 0.171. The summed E-state index contributed by atoms with van der Waals surface area (Å²) in [7, 11) is 0. The third-order valence-corrected chi connectivity index (χ3v) is 4.02. The van der Waals surface area contributed by atoms with Gasteiger partial charge in [-0.2, -0.15) is 0 Å². The first-order valence-corrected chi connectivity index (χ1v) is 7.66. The summed E-state index contributed by atoms with van der Waals surface area (Å²) in [4.78, 5) is 0. The number of benzene rings is 2. The van der Waals surface area contributed by atoms with Gasteiger partial charge < -0.3 is 10.4 Å². The van der Waals surface area contributed by atoms with Crippen molar-refractivity contribution >= 4 is 27.5 Å². The molecule has 0 saturated heterocycles. The molecule has 106 valence electrons. The van der Waals surface area contributed by atoms with Crippen molar-refractivity contribution in [2.75, 3.05) is 6.54 Å². The number of nitrogens with one attached hydrogen (secondary N) is 1. The first-order valence-electron chi connectivity index (χ1n) is 6.48. The number of hydrogen-bond donors (Lipinski definition) is 2. The van der Waals surface area contributed by atoms with Gasteiger partial charge in [0.15, 0.2) is 0 Å². The van der Waals surface area contributed by atoms with E-state index in [-0.39, 0.29) is 6.04 Å². The maximum Gasteiger partial charge on any atom is 0.0914 e. The Morgan fingerprint density at radius 1 is 1.05 bits per heavy atom. The van der Waals surface area contributed by atoms with Gasteiger partial charge >= 0.3 is 0 Å². The fraction of sp³-hybridized carbons (Fsp3) is 0.250. The molecule has 2 aromatic carbocycles. The molecule has 2 nitrogen and oxygen atoms in total. The lowest BCUT2D eigenvalue weighted by Crippen LogP contribution is -2.24. The Hall–Kier alpha value is -0.870. The normalized spacial score (nSPS) is 14.0. The van der Waals surface area contributed by atoms with E-state index < -0.39 is 6.10 Å². The van der Waals surface area contributed by atoms with Crippen LogP contribution < -0.4 is 5.32 Å². The molecular formula is C16H17BrClNO. The predicted octanol–water partition coefficient (Wildman–Crippen LogP) is 4.49. The van der Waals surface area contributed by atoms with Gasteiger partial charge in [-0.25, -0.2) is 0 Å². The number of rotatable bonds is 5. The zero-order chi connectivity index (χ0) is 14.5. The van der Waals surface area contributed by atoms with Gasteiger partial charge in [0.25, 0.3) is 0 Å².